The second-order valence-electron chi connectivity index (χ2n) is 5.65. The minimum absolute atomic E-state index is 0.682. The van der Waals surface area contributed by atoms with E-state index >= 15 is 0 Å². The Bertz CT molecular complexity index is 868. The summed E-state index contributed by atoms with van der Waals surface area (Å²) in [4.78, 5) is 8.29. The molecule has 0 bridgehead atoms. The van der Waals surface area contributed by atoms with Crippen molar-refractivity contribution in [3.63, 3.8) is 0 Å². The minimum atomic E-state index is 0.682. The summed E-state index contributed by atoms with van der Waals surface area (Å²) in [5.41, 5.74) is 7.77. The van der Waals surface area contributed by atoms with Crippen molar-refractivity contribution in [3.8, 4) is 17.2 Å². The quantitative estimate of drug-likeness (QED) is 0.739. The normalized spacial score (nSPS) is 10.5. The molecule has 1 aromatic carbocycles. The lowest BCUT2D eigenvalue weighted by atomic mass is 10.0. The van der Waals surface area contributed by atoms with Crippen LogP contribution in [0.1, 0.15) is 28.2 Å². The standard InChI is InChI=1S/C19H18N4/c1-13-14(2)23(11-18-8-9-21-12-22-18)15(3)19(13)17-6-4-16(10-20)5-7-17/h4-9,12H,11H2,1-3H3. The second-order valence-corrected chi connectivity index (χ2v) is 5.65. The number of nitriles is 1. The number of aromatic nitrogens is 3. The monoisotopic (exact) mass is 302 g/mol. The van der Waals surface area contributed by atoms with Crippen molar-refractivity contribution < 1.29 is 0 Å². The summed E-state index contributed by atoms with van der Waals surface area (Å²) in [7, 11) is 0. The van der Waals surface area contributed by atoms with Gasteiger partial charge in [0.25, 0.3) is 0 Å². The van der Waals surface area contributed by atoms with Gasteiger partial charge in [-0.1, -0.05) is 12.1 Å². The molecule has 0 atom stereocenters. The van der Waals surface area contributed by atoms with Crippen molar-refractivity contribution in [1.82, 2.24) is 14.5 Å². The highest BCUT2D eigenvalue weighted by Gasteiger charge is 2.16. The van der Waals surface area contributed by atoms with Crippen LogP contribution in [0.25, 0.3) is 11.1 Å². The second kappa shape index (κ2) is 6.05. The van der Waals surface area contributed by atoms with Crippen molar-refractivity contribution >= 4 is 0 Å². The van der Waals surface area contributed by atoms with E-state index in [9.17, 15) is 0 Å². The average molecular weight is 302 g/mol. The SMILES string of the molecule is Cc1c(-c2ccc(C#N)cc2)c(C)n(Cc2ccncn2)c1C. The summed E-state index contributed by atoms with van der Waals surface area (Å²) < 4.78 is 2.28. The molecule has 0 fully saturated rings. The Morgan fingerprint density at radius 1 is 1.04 bits per heavy atom. The summed E-state index contributed by atoms with van der Waals surface area (Å²) in [5.74, 6) is 0. The molecular formula is C19H18N4. The molecule has 2 heterocycles. The predicted octanol–water partition coefficient (Wildman–Crippen LogP) is 3.79. The summed E-state index contributed by atoms with van der Waals surface area (Å²) in [6.45, 7) is 7.15. The number of hydrogen-bond acceptors (Lipinski definition) is 3. The zero-order valence-corrected chi connectivity index (χ0v) is 13.5. The molecule has 0 aliphatic rings. The van der Waals surface area contributed by atoms with E-state index in [2.05, 4.69) is 41.4 Å². The van der Waals surface area contributed by atoms with E-state index < -0.39 is 0 Å². The van der Waals surface area contributed by atoms with Crippen LogP contribution >= 0.6 is 0 Å². The van der Waals surface area contributed by atoms with Gasteiger partial charge in [0.1, 0.15) is 6.33 Å². The first-order valence-corrected chi connectivity index (χ1v) is 7.53. The molecule has 3 aromatic rings. The molecule has 3 rings (SSSR count). The van der Waals surface area contributed by atoms with Gasteiger partial charge in [-0.2, -0.15) is 5.26 Å². The molecule has 2 aromatic heterocycles. The van der Waals surface area contributed by atoms with Gasteiger partial charge in [0, 0.05) is 23.1 Å². The zero-order chi connectivity index (χ0) is 16.4. The Kier molecular flexibility index (Phi) is 3.94. The fourth-order valence-corrected chi connectivity index (χ4v) is 2.99. The maximum absolute atomic E-state index is 8.95. The van der Waals surface area contributed by atoms with Crippen LogP contribution < -0.4 is 0 Å². The zero-order valence-electron chi connectivity index (χ0n) is 13.5. The van der Waals surface area contributed by atoms with Gasteiger partial charge in [-0.15, -0.1) is 0 Å². The Balaban J connectivity index is 2.05. The van der Waals surface area contributed by atoms with E-state index in [0.717, 1.165) is 17.8 Å². The fraction of sp³-hybridized carbons (Fsp3) is 0.211. The van der Waals surface area contributed by atoms with Gasteiger partial charge in [-0.3, -0.25) is 0 Å². The Morgan fingerprint density at radius 3 is 2.39 bits per heavy atom. The van der Waals surface area contributed by atoms with E-state index in [1.165, 1.54) is 22.5 Å². The average Bonchev–Trinajstić information content (AvgIpc) is 2.80. The van der Waals surface area contributed by atoms with Crippen LogP contribution in [0, 0.1) is 32.1 Å². The molecule has 4 nitrogen and oxygen atoms in total. The van der Waals surface area contributed by atoms with Crippen LogP contribution in [0.3, 0.4) is 0 Å². The number of hydrogen-bond donors (Lipinski definition) is 0. The van der Waals surface area contributed by atoms with E-state index in [1.54, 1.807) is 12.5 Å². The predicted molar refractivity (Wildman–Crippen MR) is 89.9 cm³/mol. The molecule has 0 radical (unpaired) electrons. The number of rotatable bonds is 3. The lowest BCUT2D eigenvalue weighted by molar-refractivity contribution is 0.726. The third-order valence-electron chi connectivity index (χ3n) is 4.36. The number of nitrogens with zero attached hydrogens (tertiary/aromatic N) is 4. The van der Waals surface area contributed by atoms with Crippen molar-refractivity contribution in [2.75, 3.05) is 0 Å². The van der Waals surface area contributed by atoms with Crippen LogP contribution in [0.2, 0.25) is 0 Å². The van der Waals surface area contributed by atoms with Gasteiger partial charge in [-0.25, -0.2) is 9.97 Å². The molecule has 4 heteroatoms. The summed E-state index contributed by atoms with van der Waals surface area (Å²) in [6, 6.07) is 11.9. The molecule has 0 aliphatic heterocycles. The van der Waals surface area contributed by atoms with Gasteiger partial charge < -0.3 is 4.57 Å². The third kappa shape index (κ3) is 2.74. The smallest absolute Gasteiger partial charge is 0.115 e. The molecule has 0 aliphatic carbocycles. The van der Waals surface area contributed by atoms with Crippen LogP contribution in [0.4, 0.5) is 0 Å². The highest BCUT2D eigenvalue weighted by atomic mass is 15.0. The highest BCUT2D eigenvalue weighted by molar-refractivity contribution is 5.72. The van der Waals surface area contributed by atoms with Gasteiger partial charge in [0.05, 0.1) is 23.9 Å². The third-order valence-corrected chi connectivity index (χ3v) is 4.36. The summed E-state index contributed by atoms with van der Waals surface area (Å²) in [5, 5.41) is 8.95. The summed E-state index contributed by atoms with van der Waals surface area (Å²) >= 11 is 0. The van der Waals surface area contributed by atoms with E-state index in [0.29, 0.717) is 5.56 Å². The van der Waals surface area contributed by atoms with Gasteiger partial charge in [-0.05, 0) is 50.1 Å². The maximum atomic E-state index is 8.95. The van der Waals surface area contributed by atoms with Gasteiger partial charge in [0.15, 0.2) is 0 Å². The molecule has 0 amide bonds. The fourth-order valence-electron chi connectivity index (χ4n) is 2.99. The van der Waals surface area contributed by atoms with E-state index in [-0.39, 0.29) is 0 Å². The van der Waals surface area contributed by atoms with Crippen LogP contribution in [-0.2, 0) is 6.54 Å². The van der Waals surface area contributed by atoms with E-state index in [4.69, 9.17) is 5.26 Å². The molecule has 0 unspecified atom stereocenters. The van der Waals surface area contributed by atoms with Crippen LogP contribution in [0.5, 0.6) is 0 Å². The van der Waals surface area contributed by atoms with Crippen LogP contribution in [0.15, 0.2) is 42.9 Å². The number of benzene rings is 1. The topological polar surface area (TPSA) is 54.5 Å². The van der Waals surface area contributed by atoms with Crippen molar-refractivity contribution in [1.29, 1.82) is 5.26 Å². The van der Waals surface area contributed by atoms with Crippen molar-refractivity contribution in [2.45, 2.75) is 27.3 Å². The lowest BCUT2D eigenvalue weighted by Gasteiger charge is -2.09. The summed E-state index contributed by atoms with van der Waals surface area (Å²) in [6.07, 6.45) is 3.35. The van der Waals surface area contributed by atoms with Crippen LogP contribution in [-0.4, -0.2) is 14.5 Å². The van der Waals surface area contributed by atoms with E-state index in [1.807, 2.05) is 30.3 Å². The maximum Gasteiger partial charge on any atom is 0.115 e. The molecule has 0 spiro atoms. The molecule has 0 N–H and O–H groups in total. The molecule has 114 valence electrons. The van der Waals surface area contributed by atoms with Crippen molar-refractivity contribution in [2.24, 2.45) is 0 Å². The molecule has 23 heavy (non-hydrogen) atoms. The Labute approximate surface area is 136 Å². The first kappa shape index (κ1) is 15.0. The largest absolute Gasteiger partial charge is 0.342 e. The Hall–Kier alpha value is -2.93. The minimum Gasteiger partial charge on any atom is -0.342 e. The molecule has 0 saturated carbocycles. The Morgan fingerprint density at radius 2 is 1.78 bits per heavy atom. The van der Waals surface area contributed by atoms with Crippen molar-refractivity contribution in [3.05, 3.63) is 71.1 Å². The molecule has 0 saturated heterocycles. The van der Waals surface area contributed by atoms with Gasteiger partial charge in [0.2, 0.25) is 0 Å². The van der Waals surface area contributed by atoms with Gasteiger partial charge >= 0.3 is 0 Å². The first-order chi connectivity index (χ1) is 11.1. The lowest BCUT2D eigenvalue weighted by Crippen LogP contribution is -2.05. The first-order valence-electron chi connectivity index (χ1n) is 7.53. The molecular weight excluding hydrogens is 284 g/mol. The highest BCUT2D eigenvalue weighted by Crippen LogP contribution is 2.32.